The molecule has 1 aromatic carbocycles. The molecule has 2 fully saturated rings. The van der Waals surface area contributed by atoms with Gasteiger partial charge in [0.15, 0.2) is 0 Å². The molecule has 0 radical (unpaired) electrons. The number of carbonyl (C=O) groups excluding carboxylic acids is 1. The van der Waals surface area contributed by atoms with E-state index in [9.17, 15) is 23.1 Å². The fourth-order valence-electron chi connectivity index (χ4n) is 5.20. The molecule has 1 amide bonds. The van der Waals surface area contributed by atoms with E-state index in [0.29, 0.717) is 29.5 Å². The number of amides is 1. The van der Waals surface area contributed by atoms with Gasteiger partial charge in [-0.25, -0.2) is 4.98 Å². The Balaban J connectivity index is 1.40. The molecular formula is C28H34F3N5O3. The van der Waals surface area contributed by atoms with Crippen LogP contribution in [-0.4, -0.2) is 63.0 Å². The third-order valence-electron chi connectivity index (χ3n) is 7.94. The molecule has 0 atom stereocenters. The minimum atomic E-state index is -4.65. The first-order valence-electron chi connectivity index (χ1n) is 13.3. The van der Waals surface area contributed by atoms with Crippen molar-refractivity contribution in [2.75, 3.05) is 32.1 Å². The van der Waals surface area contributed by atoms with Gasteiger partial charge < -0.3 is 20.1 Å². The Kier molecular flexibility index (Phi) is 7.32. The molecule has 1 aliphatic heterocycles. The number of aliphatic hydroxyl groups is 1. The number of benzene rings is 1. The Morgan fingerprint density at radius 2 is 1.90 bits per heavy atom. The number of fused-ring (bicyclic) bond motifs is 1. The molecule has 0 spiro atoms. The highest BCUT2D eigenvalue weighted by atomic mass is 19.4. The zero-order chi connectivity index (χ0) is 27.9. The van der Waals surface area contributed by atoms with Gasteiger partial charge in [-0.2, -0.15) is 18.3 Å². The Labute approximate surface area is 225 Å². The third-order valence-corrected chi connectivity index (χ3v) is 7.94. The van der Waals surface area contributed by atoms with Gasteiger partial charge in [0.25, 0.3) is 5.91 Å². The number of ether oxygens (including phenoxy) is 1. The Bertz CT molecular complexity index is 1340. The van der Waals surface area contributed by atoms with Crippen LogP contribution in [0.1, 0.15) is 61.8 Å². The highest BCUT2D eigenvalue weighted by molar-refractivity contribution is 6.05. The molecule has 1 saturated heterocycles. The standard InChI is InChI=1S/C28H34F3N5O3/c1-27(2,38)19-12-20(13-19)36-15-18-11-23(33-26(37)21-5-4-6-25(32-21)28(29,30)31)24(14-22(18)34-36)39-16-17-7-9-35(3)10-8-17/h4-6,11,14-15,17,19-20,38H,7-10,12-13,16H2,1-3H3,(H,33,37)/t19-,20-. The van der Waals surface area contributed by atoms with Crippen molar-refractivity contribution in [2.24, 2.45) is 11.8 Å². The van der Waals surface area contributed by atoms with Gasteiger partial charge in [-0.05, 0) is 89.7 Å². The van der Waals surface area contributed by atoms with Crippen LogP contribution in [0.5, 0.6) is 5.75 Å². The predicted octanol–water partition coefficient (Wildman–Crippen LogP) is 5.15. The largest absolute Gasteiger partial charge is 0.491 e. The van der Waals surface area contributed by atoms with Gasteiger partial charge in [-0.3, -0.25) is 9.48 Å². The van der Waals surface area contributed by atoms with E-state index in [1.54, 1.807) is 12.1 Å². The van der Waals surface area contributed by atoms with Crippen LogP contribution in [0.3, 0.4) is 0 Å². The van der Waals surface area contributed by atoms with Crippen LogP contribution >= 0.6 is 0 Å². The normalized spacial score (nSPS) is 21.1. The number of hydrogen-bond acceptors (Lipinski definition) is 6. The number of pyridine rings is 1. The summed E-state index contributed by atoms with van der Waals surface area (Å²) < 4.78 is 47.5. The molecule has 2 aliphatic rings. The fourth-order valence-corrected chi connectivity index (χ4v) is 5.20. The van der Waals surface area contributed by atoms with Crippen molar-refractivity contribution in [3.63, 3.8) is 0 Å². The molecule has 3 aromatic rings. The van der Waals surface area contributed by atoms with Crippen LogP contribution in [0.15, 0.2) is 36.5 Å². The maximum atomic E-state index is 13.1. The number of alkyl halides is 3. The molecule has 2 aromatic heterocycles. The maximum absolute atomic E-state index is 13.1. The summed E-state index contributed by atoms with van der Waals surface area (Å²) in [5.41, 5.74) is -1.17. The van der Waals surface area contributed by atoms with E-state index in [-0.39, 0.29) is 17.7 Å². The highest BCUT2D eigenvalue weighted by Gasteiger charge is 2.40. The number of halogens is 3. The maximum Gasteiger partial charge on any atom is 0.433 e. The van der Waals surface area contributed by atoms with Gasteiger partial charge in [0.2, 0.25) is 0 Å². The lowest BCUT2D eigenvalue weighted by Crippen LogP contribution is -2.41. The molecule has 8 nitrogen and oxygen atoms in total. The number of nitrogens with one attached hydrogen (secondary N) is 1. The average Bonchev–Trinajstić information content (AvgIpc) is 3.23. The van der Waals surface area contributed by atoms with Crippen molar-refractivity contribution in [2.45, 2.75) is 57.3 Å². The fraction of sp³-hybridized carbons (Fsp3) is 0.536. The first-order chi connectivity index (χ1) is 18.4. The van der Waals surface area contributed by atoms with Crippen molar-refractivity contribution in [1.82, 2.24) is 19.7 Å². The van der Waals surface area contributed by atoms with Gasteiger partial charge in [-0.1, -0.05) is 6.07 Å². The number of carbonyl (C=O) groups is 1. The van der Waals surface area contributed by atoms with E-state index >= 15 is 0 Å². The molecule has 1 aliphatic carbocycles. The number of aromatic nitrogens is 3. The number of piperidine rings is 1. The van der Waals surface area contributed by atoms with Crippen LogP contribution in [0.4, 0.5) is 18.9 Å². The van der Waals surface area contributed by atoms with Crippen molar-refractivity contribution in [3.05, 3.63) is 47.9 Å². The summed E-state index contributed by atoms with van der Waals surface area (Å²) in [6.07, 6.45) is 0.835. The lowest BCUT2D eigenvalue weighted by molar-refractivity contribution is -0.141. The summed E-state index contributed by atoms with van der Waals surface area (Å²) in [5, 5.41) is 18.5. The Morgan fingerprint density at radius 1 is 1.18 bits per heavy atom. The van der Waals surface area contributed by atoms with E-state index in [1.165, 1.54) is 6.07 Å². The summed E-state index contributed by atoms with van der Waals surface area (Å²) >= 11 is 0. The number of nitrogens with zero attached hydrogens (tertiary/aromatic N) is 4. The Morgan fingerprint density at radius 3 is 2.56 bits per heavy atom. The molecular weight excluding hydrogens is 511 g/mol. The van der Waals surface area contributed by atoms with Gasteiger partial charge >= 0.3 is 6.18 Å². The first-order valence-corrected chi connectivity index (χ1v) is 13.3. The van der Waals surface area contributed by atoms with Crippen LogP contribution < -0.4 is 10.1 Å². The number of likely N-dealkylation sites (tertiary alicyclic amines) is 1. The quantitative estimate of drug-likeness (QED) is 0.427. The van der Waals surface area contributed by atoms with E-state index in [1.807, 2.05) is 24.7 Å². The monoisotopic (exact) mass is 545 g/mol. The number of rotatable bonds is 7. The second-order valence-electron chi connectivity index (χ2n) is 11.4. The summed E-state index contributed by atoms with van der Waals surface area (Å²) in [4.78, 5) is 18.8. The van der Waals surface area contributed by atoms with Gasteiger partial charge in [0.1, 0.15) is 17.1 Å². The van der Waals surface area contributed by atoms with Gasteiger partial charge in [0.05, 0.1) is 29.5 Å². The Hall–Kier alpha value is -3.18. The second-order valence-corrected chi connectivity index (χ2v) is 11.4. The summed E-state index contributed by atoms with van der Waals surface area (Å²) in [7, 11) is 2.09. The van der Waals surface area contributed by atoms with Crippen LogP contribution in [0, 0.1) is 11.8 Å². The SMILES string of the molecule is CN1CCC(COc2cc3nn([C@H]4C[C@H](C(C)(C)O)C4)cc3cc2NC(=O)c2cccc(C(F)(F)F)n2)CC1. The van der Waals surface area contributed by atoms with Crippen molar-refractivity contribution in [1.29, 1.82) is 0 Å². The molecule has 39 heavy (non-hydrogen) atoms. The minimum absolute atomic E-state index is 0.157. The molecule has 11 heteroatoms. The van der Waals surface area contributed by atoms with Crippen LogP contribution in [0.2, 0.25) is 0 Å². The summed E-state index contributed by atoms with van der Waals surface area (Å²) in [5.74, 6) is 0.203. The average molecular weight is 546 g/mol. The molecule has 1 saturated carbocycles. The lowest BCUT2D eigenvalue weighted by Gasteiger charge is -2.42. The molecule has 210 valence electrons. The highest BCUT2D eigenvalue weighted by Crippen LogP contribution is 2.44. The zero-order valence-electron chi connectivity index (χ0n) is 22.3. The van der Waals surface area contributed by atoms with Gasteiger partial charge in [0, 0.05) is 17.6 Å². The van der Waals surface area contributed by atoms with Crippen LogP contribution in [-0.2, 0) is 6.18 Å². The second kappa shape index (κ2) is 10.4. The molecule has 5 rings (SSSR count). The first kappa shape index (κ1) is 27.4. The molecule has 0 unspecified atom stereocenters. The topological polar surface area (TPSA) is 92.5 Å². The summed E-state index contributed by atoms with van der Waals surface area (Å²) in [6, 6.07) is 6.90. The molecule has 2 N–H and O–H groups in total. The smallest absolute Gasteiger partial charge is 0.433 e. The van der Waals surface area contributed by atoms with E-state index < -0.39 is 23.4 Å². The van der Waals surface area contributed by atoms with Crippen molar-refractivity contribution < 1.29 is 27.8 Å². The number of anilines is 1. The van der Waals surface area contributed by atoms with E-state index in [2.05, 4.69) is 22.2 Å². The van der Waals surface area contributed by atoms with Gasteiger partial charge in [-0.15, -0.1) is 0 Å². The van der Waals surface area contributed by atoms with Crippen molar-refractivity contribution in [3.8, 4) is 5.75 Å². The predicted molar refractivity (Wildman–Crippen MR) is 141 cm³/mol. The number of hydrogen-bond donors (Lipinski definition) is 2. The van der Waals surface area contributed by atoms with Crippen molar-refractivity contribution >= 4 is 22.5 Å². The third kappa shape index (κ3) is 6.19. The lowest BCUT2D eigenvalue weighted by atomic mass is 9.71. The summed E-state index contributed by atoms with van der Waals surface area (Å²) in [6.45, 7) is 6.05. The zero-order valence-corrected chi connectivity index (χ0v) is 22.3. The minimum Gasteiger partial charge on any atom is -0.491 e. The molecule has 3 heterocycles. The van der Waals surface area contributed by atoms with E-state index in [4.69, 9.17) is 9.84 Å². The van der Waals surface area contributed by atoms with E-state index in [0.717, 1.165) is 56.3 Å². The molecule has 0 bridgehead atoms. The van der Waals surface area contributed by atoms with Crippen LogP contribution in [0.25, 0.3) is 10.9 Å².